The highest BCUT2D eigenvalue weighted by molar-refractivity contribution is 5.69. The molecule has 1 N–H and O–H groups in total. The van der Waals surface area contributed by atoms with Crippen molar-refractivity contribution in [1.29, 1.82) is 0 Å². The summed E-state index contributed by atoms with van der Waals surface area (Å²) in [6.45, 7) is 2.98. The molecule has 142 valence electrons. The van der Waals surface area contributed by atoms with Gasteiger partial charge in [0.25, 0.3) is 0 Å². The van der Waals surface area contributed by atoms with E-state index in [1.165, 1.54) is 49.8 Å². The zero-order chi connectivity index (χ0) is 18.6. The Morgan fingerprint density at radius 2 is 1.88 bits per heavy atom. The molecule has 1 aromatic carbocycles. The van der Waals surface area contributed by atoms with Crippen LogP contribution in [0.25, 0.3) is 0 Å². The van der Waals surface area contributed by atoms with E-state index >= 15 is 0 Å². The summed E-state index contributed by atoms with van der Waals surface area (Å²) in [4.78, 5) is 12.9. The maximum absolute atomic E-state index is 11.6. The lowest BCUT2D eigenvalue weighted by atomic mass is 10.1. The number of carbonyl (C=O) groups is 1. The molecule has 0 spiro atoms. The van der Waals surface area contributed by atoms with Crippen molar-refractivity contribution in [3.05, 3.63) is 35.4 Å². The van der Waals surface area contributed by atoms with E-state index < -0.39 is 12.3 Å². The number of rotatable bonds is 10. The van der Waals surface area contributed by atoms with Crippen molar-refractivity contribution in [2.45, 2.75) is 70.9 Å². The van der Waals surface area contributed by atoms with Gasteiger partial charge in [0.1, 0.15) is 6.61 Å². The summed E-state index contributed by atoms with van der Waals surface area (Å²) >= 11 is 0. The van der Waals surface area contributed by atoms with Gasteiger partial charge in [0.15, 0.2) is 6.23 Å². The number of unbranched alkanes of at least 4 members (excludes halogenated alkanes) is 8. The van der Waals surface area contributed by atoms with Gasteiger partial charge in [0.2, 0.25) is 0 Å². The number of hydrogen-bond donors (Lipinski definition) is 1. The Morgan fingerprint density at radius 1 is 1.15 bits per heavy atom. The summed E-state index contributed by atoms with van der Waals surface area (Å²) in [7, 11) is 0. The van der Waals surface area contributed by atoms with Gasteiger partial charge in [-0.05, 0) is 18.6 Å². The second kappa shape index (κ2) is 11.6. The average Bonchev–Trinajstić information content (AvgIpc) is 3.09. The summed E-state index contributed by atoms with van der Waals surface area (Å²) in [6, 6.07) is 7.44. The smallest absolute Gasteiger partial charge is 0.412 e. The lowest BCUT2D eigenvalue weighted by molar-refractivity contribution is 0.0364. The number of hydrogen-bond acceptors (Lipinski definition) is 3. The summed E-state index contributed by atoms with van der Waals surface area (Å²) in [5.41, 5.74) is 1.54. The summed E-state index contributed by atoms with van der Waals surface area (Å²) < 4.78 is 4.88. The van der Waals surface area contributed by atoms with E-state index in [9.17, 15) is 9.90 Å². The molecule has 26 heavy (non-hydrogen) atoms. The van der Waals surface area contributed by atoms with E-state index in [2.05, 4.69) is 18.8 Å². The van der Waals surface area contributed by atoms with Crippen LogP contribution < -0.4 is 0 Å². The van der Waals surface area contributed by atoms with E-state index in [4.69, 9.17) is 4.74 Å². The molecular formula is C22H31NO3. The second-order valence-corrected chi connectivity index (χ2v) is 6.83. The van der Waals surface area contributed by atoms with Gasteiger partial charge < -0.3 is 9.84 Å². The number of amides is 1. The van der Waals surface area contributed by atoms with Crippen molar-refractivity contribution in [2.75, 3.05) is 13.2 Å². The van der Waals surface area contributed by atoms with Crippen LogP contribution in [0.4, 0.5) is 4.79 Å². The molecule has 2 rings (SSSR count). The second-order valence-electron chi connectivity index (χ2n) is 6.83. The number of aliphatic hydroxyl groups excluding tert-OH is 1. The Morgan fingerprint density at radius 3 is 2.58 bits per heavy atom. The van der Waals surface area contributed by atoms with Gasteiger partial charge in [0.05, 0.1) is 6.54 Å². The molecule has 0 aliphatic carbocycles. The van der Waals surface area contributed by atoms with Gasteiger partial charge in [-0.15, -0.1) is 0 Å². The van der Waals surface area contributed by atoms with Gasteiger partial charge >= 0.3 is 6.09 Å². The summed E-state index contributed by atoms with van der Waals surface area (Å²) in [5.74, 6) is 6.39. The maximum atomic E-state index is 11.6. The van der Waals surface area contributed by atoms with Gasteiger partial charge in [-0.3, -0.25) is 4.90 Å². The molecule has 0 saturated carbocycles. The molecule has 1 heterocycles. The molecule has 0 bridgehead atoms. The first-order chi connectivity index (χ1) is 12.7. The van der Waals surface area contributed by atoms with E-state index in [0.717, 1.165) is 18.4 Å². The Bertz CT molecular complexity index is 617. The van der Waals surface area contributed by atoms with Crippen molar-refractivity contribution in [3.8, 4) is 11.8 Å². The van der Waals surface area contributed by atoms with E-state index in [-0.39, 0.29) is 0 Å². The highest BCUT2D eigenvalue weighted by Crippen LogP contribution is 2.22. The van der Waals surface area contributed by atoms with Crippen LogP contribution in [0.15, 0.2) is 24.3 Å². The van der Waals surface area contributed by atoms with Crippen molar-refractivity contribution >= 4 is 6.09 Å². The van der Waals surface area contributed by atoms with Gasteiger partial charge in [-0.1, -0.05) is 75.8 Å². The molecule has 1 unspecified atom stereocenters. The molecule has 1 fully saturated rings. The minimum Gasteiger partial charge on any atom is -0.447 e. The van der Waals surface area contributed by atoms with E-state index in [0.29, 0.717) is 18.7 Å². The monoisotopic (exact) mass is 357 g/mol. The number of ether oxygens (including phenoxy) is 1. The maximum Gasteiger partial charge on any atom is 0.412 e. The summed E-state index contributed by atoms with van der Waals surface area (Å²) in [6.07, 6.45) is 9.88. The molecule has 0 radical (unpaired) electrons. The van der Waals surface area contributed by atoms with Gasteiger partial charge in [0, 0.05) is 17.5 Å². The van der Waals surface area contributed by atoms with Crippen LogP contribution in [0.5, 0.6) is 0 Å². The molecule has 4 heteroatoms. The zero-order valence-corrected chi connectivity index (χ0v) is 15.9. The van der Waals surface area contributed by atoms with Crippen molar-refractivity contribution in [3.63, 3.8) is 0 Å². The normalized spacial score (nSPS) is 14.7. The highest BCUT2D eigenvalue weighted by atomic mass is 16.6. The van der Waals surface area contributed by atoms with E-state index in [1.807, 2.05) is 18.2 Å². The Kier molecular flexibility index (Phi) is 9.06. The molecule has 1 atom stereocenters. The number of carbonyl (C=O) groups excluding carboxylic acids is 1. The third-order valence-electron chi connectivity index (χ3n) is 4.66. The van der Waals surface area contributed by atoms with Crippen LogP contribution in [0, 0.1) is 11.8 Å². The SMILES string of the molecule is CCCCCCCCCCC#Cc1cccc(C(O)N2CCOC2=O)c1. The molecule has 1 aromatic rings. The number of aliphatic hydroxyl groups is 1. The molecule has 1 aliphatic rings. The molecule has 0 aromatic heterocycles. The van der Waals surface area contributed by atoms with Crippen molar-refractivity contribution in [2.24, 2.45) is 0 Å². The number of cyclic esters (lactones) is 1. The largest absolute Gasteiger partial charge is 0.447 e. The van der Waals surface area contributed by atoms with Crippen LogP contribution in [0.3, 0.4) is 0 Å². The van der Waals surface area contributed by atoms with Crippen LogP contribution in [0.2, 0.25) is 0 Å². The minimum atomic E-state index is -0.973. The van der Waals surface area contributed by atoms with Gasteiger partial charge in [-0.2, -0.15) is 0 Å². The van der Waals surface area contributed by atoms with E-state index in [1.54, 1.807) is 6.07 Å². The Balaban J connectivity index is 1.72. The lowest BCUT2D eigenvalue weighted by Gasteiger charge is -2.20. The predicted octanol–water partition coefficient (Wildman–Crippen LogP) is 5.01. The number of nitrogens with zero attached hydrogens (tertiary/aromatic N) is 1. The fourth-order valence-electron chi connectivity index (χ4n) is 3.10. The van der Waals surface area contributed by atoms with Crippen LogP contribution in [-0.4, -0.2) is 29.3 Å². The van der Waals surface area contributed by atoms with Crippen LogP contribution in [-0.2, 0) is 4.74 Å². The zero-order valence-electron chi connectivity index (χ0n) is 15.9. The fourth-order valence-corrected chi connectivity index (χ4v) is 3.10. The molecule has 1 amide bonds. The topological polar surface area (TPSA) is 49.8 Å². The third kappa shape index (κ3) is 6.72. The Hall–Kier alpha value is -1.99. The first-order valence-electron chi connectivity index (χ1n) is 9.92. The minimum absolute atomic E-state index is 0.327. The van der Waals surface area contributed by atoms with Crippen LogP contribution in [0.1, 0.15) is 82.1 Å². The predicted molar refractivity (Wildman–Crippen MR) is 104 cm³/mol. The first kappa shape index (κ1) is 20.3. The third-order valence-corrected chi connectivity index (χ3v) is 4.66. The standard InChI is InChI=1S/C22H31NO3/c1-2-3-4-5-6-7-8-9-10-11-13-19-14-12-15-20(18-19)21(24)23-16-17-26-22(23)25/h12,14-15,18,21,24H,2-10,16-17H2,1H3. The first-order valence-corrected chi connectivity index (χ1v) is 9.92. The fraction of sp³-hybridized carbons (Fsp3) is 0.591. The lowest BCUT2D eigenvalue weighted by Crippen LogP contribution is -2.29. The van der Waals surface area contributed by atoms with Crippen LogP contribution >= 0.6 is 0 Å². The molecule has 1 aliphatic heterocycles. The quantitative estimate of drug-likeness (QED) is 0.473. The molecular weight excluding hydrogens is 326 g/mol. The highest BCUT2D eigenvalue weighted by Gasteiger charge is 2.29. The van der Waals surface area contributed by atoms with Crippen molar-refractivity contribution in [1.82, 2.24) is 4.90 Å². The molecule has 1 saturated heterocycles. The van der Waals surface area contributed by atoms with Gasteiger partial charge in [-0.25, -0.2) is 4.79 Å². The Labute approximate surface area is 157 Å². The average molecular weight is 357 g/mol. The van der Waals surface area contributed by atoms with Crippen molar-refractivity contribution < 1.29 is 14.6 Å². The summed E-state index contributed by atoms with van der Waals surface area (Å²) in [5, 5.41) is 10.3. The molecule has 4 nitrogen and oxygen atoms in total. The number of benzene rings is 1.